The molecule has 3 atom stereocenters. The summed E-state index contributed by atoms with van der Waals surface area (Å²) in [5, 5.41) is 13.0. The lowest BCUT2D eigenvalue weighted by Gasteiger charge is -2.19. The number of likely N-dealkylation sites (N-methyl/N-ethyl adjacent to an activating group) is 1. The van der Waals surface area contributed by atoms with Gasteiger partial charge in [0.25, 0.3) is 0 Å². The summed E-state index contributed by atoms with van der Waals surface area (Å²) < 4.78 is 1.99. The number of aliphatic hydroxyl groups excluding tert-OH is 1. The molecule has 0 aliphatic heterocycles. The van der Waals surface area contributed by atoms with Gasteiger partial charge in [-0.15, -0.1) is 0 Å². The molecule has 1 aromatic rings. The third-order valence-corrected chi connectivity index (χ3v) is 2.86. The monoisotopic (exact) mass is 181 g/mol. The highest BCUT2D eigenvalue weighted by Gasteiger charge is 2.34. The highest BCUT2D eigenvalue weighted by molar-refractivity contribution is 4.94. The van der Waals surface area contributed by atoms with Crippen LogP contribution in [0.1, 0.15) is 18.9 Å². The molecule has 1 aliphatic carbocycles. The molecule has 0 saturated heterocycles. The third-order valence-electron chi connectivity index (χ3n) is 2.86. The molecule has 4 nitrogen and oxygen atoms in total. The van der Waals surface area contributed by atoms with Crippen LogP contribution in [0.4, 0.5) is 0 Å². The number of imidazole rings is 1. The molecule has 0 amide bonds. The van der Waals surface area contributed by atoms with Crippen LogP contribution in [-0.4, -0.2) is 33.9 Å². The second-order valence-corrected chi connectivity index (χ2v) is 3.54. The SMILES string of the molecule is CN[C@@H]1CC[C@@H](n2ccnc2)[C@@H]1O. The molecular formula is C9H15N3O. The molecule has 1 aliphatic rings. The van der Waals surface area contributed by atoms with Crippen molar-refractivity contribution < 1.29 is 5.11 Å². The molecule has 2 N–H and O–H groups in total. The van der Waals surface area contributed by atoms with Gasteiger partial charge in [0.1, 0.15) is 0 Å². The van der Waals surface area contributed by atoms with Gasteiger partial charge in [0, 0.05) is 18.4 Å². The van der Waals surface area contributed by atoms with Crippen LogP contribution in [0.2, 0.25) is 0 Å². The lowest BCUT2D eigenvalue weighted by molar-refractivity contribution is 0.112. The Bertz CT molecular complexity index is 260. The number of aliphatic hydroxyl groups is 1. The highest BCUT2D eigenvalue weighted by atomic mass is 16.3. The predicted octanol–water partition coefficient (Wildman–Crippen LogP) is 0.167. The van der Waals surface area contributed by atoms with Crippen LogP contribution < -0.4 is 5.32 Å². The standard InChI is InChI=1S/C9H15N3O/c1-10-7-2-3-8(9(7)13)12-5-4-11-6-12/h4-10,13H,2-3H2,1H3/t7-,8-,9-/m1/s1. The van der Waals surface area contributed by atoms with Crippen LogP contribution in [-0.2, 0) is 0 Å². The van der Waals surface area contributed by atoms with Crippen LogP contribution in [0.3, 0.4) is 0 Å². The maximum Gasteiger partial charge on any atom is 0.0949 e. The zero-order chi connectivity index (χ0) is 9.26. The van der Waals surface area contributed by atoms with Gasteiger partial charge < -0.3 is 15.0 Å². The first-order valence-corrected chi connectivity index (χ1v) is 4.65. The van der Waals surface area contributed by atoms with Crippen molar-refractivity contribution >= 4 is 0 Å². The van der Waals surface area contributed by atoms with Gasteiger partial charge in [0.05, 0.1) is 18.5 Å². The fourth-order valence-corrected chi connectivity index (χ4v) is 2.07. The normalized spacial score (nSPS) is 33.8. The van der Waals surface area contributed by atoms with E-state index in [0.29, 0.717) is 0 Å². The molecule has 0 spiro atoms. The van der Waals surface area contributed by atoms with Crippen molar-refractivity contribution in [3.8, 4) is 0 Å². The topological polar surface area (TPSA) is 50.1 Å². The van der Waals surface area contributed by atoms with Crippen molar-refractivity contribution in [2.24, 2.45) is 0 Å². The summed E-state index contributed by atoms with van der Waals surface area (Å²) in [5.41, 5.74) is 0. The van der Waals surface area contributed by atoms with E-state index in [1.165, 1.54) is 0 Å². The second kappa shape index (κ2) is 3.47. The van der Waals surface area contributed by atoms with Gasteiger partial charge in [-0.1, -0.05) is 0 Å². The van der Waals surface area contributed by atoms with Crippen molar-refractivity contribution in [3.05, 3.63) is 18.7 Å². The van der Waals surface area contributed by atoms with Gasteiger partial charge in [-0.05, 0) is 19.9 Å². The Kier molecular flexibility index (Phi) is 2.33. The average molecular weight is 181 g/mol. The number of hydrogen-bond acceptors (Lipinski definition) is 3. The summed E-state index contributed by atoms with van der Waals surface area (Å²) in [4.78, 5) is 3.98. The molecule has 2 rings (SSSR count). The minimum absolute atomic E-state index is 0.194. The quantitative estimate of drug-likeness (QED) is 0.683. The summed E-state index contributed by atoms with van der Waals surface area (Å²) in [7, 11) is 1.89. The van der Waals surface area contributed by atoms with Crippen LogP contribution in [0.15, 0.2) is 18.7 Å². The van der Waals surface area contributed by atoms with Gasteiger partial charge >= 0.3 is 0 Å². The molecule has 1 saturated carbocycles. The Balaban J connectivity index is 2.11. The van der Waals surface area contributed by atoms with Crippen molar-refractivity contribution in [1.82, 2.24) is 14.9 Å². The maximum absolute atomic E-state index is 9.91. The first kappa shape index (κ1) is 8.72. The summed E-state index contributed by atoms with van der Waals surface area (Å²) >= 11 is 0. The Labute approximate surface area is 77.6 Å². The third kappa shape index (κ3) is 1.47. The molecule has 1 heterocycles. The van der Waals surface area contributed by atoms with E-state index in [2.05, 4.69) is 10.3 Å². The van der Waals surface area contributed by atoms with E-state index in [-0.39, 0.29) is 18.2 Å². The van der Waals surface area contributed by atoms with Crippen LogP contribution >= 0.6 is 0 Å². The number of aromatic nitrogens is 2. The summed E-state index contributed by atoms with van der Waals surface area (Å²) in [6.45, 7) is 0. The molecule has 1 aromatic heterocycles. The zero-order valence-electron chi connectivity index (χ0n) is 7.72. The Morgan fingerprint density at radius 1 is 1.54 bits per heavy atom. The lowest BCUT2D eigenvalue weighted by Crippen LogP contribution is -2.36. The number of hydrogen-bond donors (Lipinski definition) is 2. The van der Waals surface area contributed by atoms with E-state index in [1.807, 2.05) is 17.8 Å². The molecule has 0 aromatic carbocycles. The largest absolute Gasteiger partial charge is 0.389 e. The lowest BCUT2D eigenvalue weighted by atomic mass is 10.2. The van der Waals surface area contributed by atoms with Crippen LogP contribution in [0, 0.1) is 0 Å². The molecule has 0 bridgehead atoms. The van der Waals surface area contributed by atoms with E-state index in [0.717, 1.165) is 12.8 Å². The van der Waals surface area contributed by atoms with Gasteiger partial charge in [-0.25, -0.2) is 4.98 Å². The first-order valence-electron chi connectivity index (χ1n) is 4.65. The summed E-state index contributed by atoms with van der Waals surface area (Å²) in [6.07, 6.45) is 7.18. The Morgan fingerprint density at radius 3 is 2.92 bits per heavy atom. The molecular weight excluding hydrogens is 166 g/mol. The van der Waals surface area contributed by atoms with E-state index in [1.54, 1.807) is 12.5 Å². The molecule has 1 fully saturated rings. The molecule has 0 unspecified atom stereocenters. The fourth-order valence-electron chi connectivity index (χ4n) is 2.07. The van der Waals surface area contributed by atoms with Crippen molar-refractivity contribution in [1.29, 1.82) is 0 Å². The Hall–Kier alpha value is -0.870. The van der Waals surface area contributed by atoms with E-state index >= 15 is 0 Å². The number of rotatable bonds is 2. The van der Waals surface area contributed by atoms with Crippen molar-refractivity contribution in [2.45, 2.75) is 31.0 Å². The van der Waals surface area contributed by atoms with E-state index in [4.69, 9.17) is 0 Å². The minimum atomic E-state index is -0.292. The first-order chi connectivity index (χ1) is 6.33. The van der Waals surface area contributed by atoms with Gasteiger partial charge in [-0.2, -0.15) is 0 Å². The smallest absolute Gasteiger partial charge is 0.0949 e. The van der Waals surface area contributed by atoms with E-state index < -0.39 is 0 Å². The number of nitrogens with one attached hydrogen (secondary N) is 1. The Morgan fingerprint density at radius 2 is 2.38 bits per heavy atom. The van der Waals surface area contributed by atoms with Crippen LogP contribution in [0.25, 0.3) is 0 Å². The minimum Gasteiger partial charge on any atom is -0.389 e. The fraction of sp³-hybridized carbons (Fsp3) is 0.667. The molecule has 13 heavy (non-hydrogen) atoms. The van der Waals surface area contributed by atoms with E-state index in [9.17, 15) is 5.11 Å². The molecule has 72 valence electrons. The van der Waals surface area contributed by atoms with Gasteiger partial charge in [-0.3, -0.25) is 0 Å². The van der Waals surface area contributed by atoms with Gasteiger partial charge in [0.15, 0.2) is 0 Å². The number of nitrogens with zero attached hydrogens (tertiary/aromatic N) is 2. The maximum atomic E-state index is 9.91. The zero-order valence-corrected chi connectivity index (χ0v) is 7.72. The molecule has 0 radical (unpaired) electrons. The molecule has 4 heteroatoms. The summed E-state index contributed by atoms with van der Waals surface area (Å²) in [5.74, 6) is 0. The van der Waals surface area contributed by atoms with Crippen molar-refractivity contribution in [2.75, 3.05) is 7.05 Å². The predicted molar refractivity (Wildman–Crippen MR) is 49.4 cm³/mol. The second-order valence-electron chi connectivity index (χ2n) is 3.54. The van der Waals surface area contributed by atoms with Crippen LogP contribution in [0.5, 0.6) is 0 Å². The van der Waals surface area contributed by atoms with Gasteiger partial charge in [0.2, 0.25) is 0 Å². The van der Waals surface area contributed by atoms with Crippen molar-refractivity contribution in [3.63, 3.8) is 0 Å². The summed E-state index contributed by atoms with van der Waals surface area (Å²) in [6, 6.07) is 0.423. The average Bonchev–Trinajstić information content (AvgIpc) is 2.72. The highest BCUT2D eigenvalue weighted by Crippen LogP contribution is 2.29.